The van der Waals surface area contributed by atoms with E-state index in [1.807, 2.05) is 31.2 Å². The Kier molecular flexibility index (Phi) is 4.50. The highest BCUT2D eigenvalue weighted by Gasteiger charge is 2.12. The van der Waals surface area contributed by atoms with Crippen LogP contribution in [-0.4, -0.2) is 15.1 Å². The number of anilines is 2. The summed E-state index contributed by atoms with van der Waals surface area (Å²) in [4.78, 5) is 8.54. The summed E-state index contributed by atoms with van der Waals surface area (Å²) in [5.41, 5.74) is 3.80. The van der Waals surface area contributed by atoms with Gasteiger partial charge in [-0.2, -0.15) is 5.26 Å². The summed E-state index contributed by atoms with van der Waals surface area (Å²) < 4.78 is 0. The lowest BCUT2D eigenvalue weighted by Crippen LogP contribution is -2.05. The van der Waals surface area contributed by atoms with Crippen LogP contribution in [0, 0.1) is 18.3 Å². The Morgan fingerprint density at radius 1 is 1.04 bits per heavy atom. The molecule has 1 aromatic heterocycles. The van der Waals surface area contributed by atoms with E-state index in [4.69, 9.17) is 5.26 Å². The van der Waals surface area contributed by atoms with Crippen LogP contribution in [0.1, 0.15) is 28.5 Å². The number of hydrogen-bond donors (Lipinski definition) is 2. The molecule has 3 rings (SSSR count). The van der Waals surface area contributed by atoms with E-state index >= 15 is 0 Å². The van der Waals surface area contributed by atoms with E-state index in [0.717, 1.165) is 16.8 Å². The summed E-state index contributed by atoms with van der Waals surface area (Å²) >= 11 is 0. The van der Waals surface area contributed by atoms with Gasteiger partial charge in [0.2, 0.25) is 5.95 Å². The summed E-state index contributed by atoms with van der Waals surface area (Å²) in [6.45, 7) is 2.00. The molecule has 0 aliphatic carbocycles. The van der Waals surface area contributed by atoms with E-state index in [2.05, 4.69) is 21.4 Å². The first-order valence-corrected chi connectivity index (χ1v) is 7.50. The highest BCUT2D eigenvalue weighted by molar-refractivity contribution is 5.54. The molecule has 1 unspecified atom stereocenters. The van der Waals surface area contributed by atoms with Gasteiger partial charge in [-0.15, -0.1) is 0 Å². The second-order valence-corrected chi connectivity index (χ2v) is 5.43. The van der Waals surface area contributed by atoms with Gasteiger partial charge < -0.3 is 10.4 Å². The van der Waals surface area contributed by atoms with Crippen molar-refractivity contribution in [2.45, 2.75) is 13.0 Å². The van der Waals surface area contributed by atoms with Crippen LogP contribution < -0.4 is 5.32 Å². The van der Waals surface area contributed by atoms with Gasteiger partial charge >= 0.3 is 0 Å². The Morgan fingerprint density at radius 2 is 1.75 bits per heavy atom. The Labute approximate surface area is 140 Å². The highest BCUT2D eigenvalue weighted by atomic mass is 16.3. The summed E-state index contributed by atoms with van der Waals surface area (Å²) in [7, 11) is 0. The largest absolute Gasteiger partial charge is 0.382 e. The van der Waals surface area contributed by atoms with Crippen molar-refractivity contribution >= 4 is 11.6 Å². The minimum Gasteiger partial charge on any atom is -0.382 e. The molecule has 2 aromatic carbocycles. The molecule has 5 heteroatoms. The maximum atomic E-state index is 10.5. The number of nitriles is 1. The zero-order chi connectivity index (χ0) is 16.9. The van der Waals surface area contributed by atoms with Crippen LogP contribution in [0.15, 0.2) is 60.8 Å². The fourth-order valence-corrected chi connectivity index (χ4v) is 2.26. The zero-order valence-electron chi connectivity index (χ0n) is 13.1. The molecule has 118 valence electrons. The summed E-state index contributed by atoms with van der Waals surface area (Å²) in [6, 6.07) is 18.4. The van der Waals surface area contributed by atoms with Gasteiger partial charge in [0.1, 0.15) is 6.10 Å². The lowest BCUT2D eigenvalue weighted by Gasteiger charge is -2.12. The van der Waals surface area contributed by atoms with Crippen LogP contribution in [-0.2, 0) is 0 Å². The first-order valence-electron chi connectivity index (χ1n) is 7.50. The predicted octanol–water partition coefficient (Wildman–Crippen LogP) is 3.48. The van der Waals surface area contributed by atoms with E-state index in [1.165, 1.54) is 0 Å². The highest BCUT2D eigenvalue weighted by Crippen LogP contribution is 2.22. The van der Waals surface area contributed by atoms with Crippen molar-refractivity contribution in [1.29, 1.82) is 5.26 Å². The van der Waals surface area contributed by atoms with Crippen molar-refractivity contribution < 1.29 is 5.11 Å². The van der Waals surface area contributed by atoms with Crippen molar-refractivity contribution in [2.75, 3.05) is 5.32 Å². The van der Waals surface area contributed by atoms with Crippen molar-refractivity contribution in [1.82, 2.24) is 9.97 Å². The fourth-order valence-electron chi connectivity index (χ4n) is 2.26. The molecule has 0 bridgehead atoms. The minimum absolute atomic E-state index is 0.392. The maximum absolute atomic E-state index is 10.5. The molecule has 1 heterocycles. The number of nitrogens with one attached hydrogen (secondary N) is 1. The van der Waals surface area contributed by atoms with Gasteiger partial charge in [0.25, 0.3) is 0 Å². The van der Waals surface area contributed by atoms with E-state index in [0.29, 0.717) is 17.2 Å². The van der Waals surface area contributed by atoms with E-state index in [9.17, 15) is 5.11 Å². The first kappa shape index (κ1) is 15.7. The van der Waals surface area contributed by atoms with Crippen molar-refractivity contribution in [3.05, 3.63) is 83.2 Å². The normalized spacial score (nSPS) is 11.5. The van der Waals surface area contributed by atoms with Crippen molar-refractivity contribution in [3.63, 3.8) is 0 Å². The standard InChI is InChI=1S/C19H16N4O/c1-13-2-6-15(7-3-13)18(24)17-10-11-21-19(23-17)22-16-8-4-14(12-20)5-9-16/h2-11,18,24H,1H3,(H,21,22,23). The third-order valence-electron chi connectivity index (χ3n) is 3.62. The number of aryl methyl sites for hydroxylation is 1. The molecule has 0 radical (unpaired) electrons. The number of nitrogens with zero attached hydrogens (tertiary/aromatic N) is 3. The SMILES string of the molecule is Cc1ccc(C(O)c2ccnc(Nc3ccc(C#N)cc3)n2)cc1. The Bertz CT molecular complexity index is 867. The van der Waals surface area contributed by atoms with Gasteiger partial charge in [-0.25, -0.2) is 9.97 Å². The molecule has 24 heavy (non-hydrogen) atoms. The third-order valence-corrected chi connectivity index (χ3v) is 3.62. The Balaban J connectivity index is 1.80. The fraction of sp³-hybridized carbons (Fsp3) is 0.105. The molecular formula is C19H16N4O. The number of aliphatic hydroxyl groups is 1. The van der Waals surface area contributed by atoms with Gasteiger partial charge in [-0.05, 0) is 42.8 Å². The molecule has 0 aliphatic rings. The van der Waals surface area contributed by atoms with E-state index < -0.39 is 6.10 Å². The smallest absolute Gasteiger partial charge is 0.227 e. The minimum atomic E-state index is -0.810. The van der Waals surface area contributed by atoms with Crippen LogP contribution in [0.4, 0.5) is 11.6 Å². The molecule has 5 nitrogen and oxygen atoms in total. The average Bonchev–Trinajstić information content (AvgIpc) is 2.63. The molecule has 0 saturated heterocycles. The second-order valence-electron chi connectivity index (χ2n) is 5.43. The molecule has 3 aromatic rings. The molecule has 0 spiro atoms. The number of rotatable bonds is 4. The zero-order valence-corrected chi connectivity index (χ0v) is 13.1. The van der Waals surface area contributed by atoms with Gasteiger partial charge in [0.15, 0.2) is 0 Å². The Morgan fingerprint density at radius 3 is 2.42 bits per heavy atom. The lowest BCUT2D eigenvalue weighted by molar-refractivity contribution is 0.215. The molecule has 2 N–H and O–H groups in total. The number of benzene rings is 2. The first-order chi connectivity index (χ1) is 11.7. The number of aliphatic hydroxyl groups excluding tert-OH is 1. The van der Waals surface area contributed by atoms with Gasteiger partial charge in [-0.1, -0.05) is 29.8 Å². The predicted molar refractivity (Wildman–Crippen MR) is 91.7 cm³/mol. The molecule has 0 aliphatic heterocycles. The van der Waals surface area contributed by atoms with Crippen LogP contribution in [0.25, 0.3) is 0 Å². The third kappa shape index (κ3) is 3.57. The number of aromatic nitrogens is 2. The van der Waals surface area contributed by atoms with E-state index in [-0.39, 0.29) is 0 Å². The average molecular weight is 316 g/mol. The Hall–Kier alpha value is -3.23. The summed E-state index contributed by atoms with van der Waals surface area (Å²) in [5, 5.41) is 22.4. The summed E-state index contributed by atoms with van der Waals surface area (Å²) in [6.07, 6.45) is 0.793. The summed E-state index contributed by atoms with van der Waals surface area (Å²) in [5.74, 6) is 0.392. The quantitative estimate of drug-likeness (QED) is 0.770. The molecular weight excluding hydrogens is 300 g/mol. The van der Waals surface area contributed by atoms with Crippen molar-refractivity contribution in [2.24, 2.45) is 0 Å². The van der Waals surface area contributed by atoms with Crippen molar-refractivity contribution in [3.8, 4) is 6.07 Å². The molecule has 0 saturated carbocycles. The number of hydrogen-bond acceptors (Lipinski definition) is 5. The maximum Gasteiger partial charge on any atom is 0.227 e. The lowest BCUT2D eigenvalue weighted by atomic mass is 10.1. The topological polar surface area (TPSA) is 81.8 Å². The van der Waals surface area contributed by atoms with Gasteiger partial charge in [0, 0.05) is 11.9 Å². The molecule has 0 amide bonds. The van der Waals surface area contributed by atoms with E-state index in [1.54, 1.807) is 36.5 Å². The van der Waals surface area contributed by atoms with Crippen LogP contribution in [0.2, 0.25) is 0 Å². The second kappa shape index (κ2) is 6.90. The molecule has 0 fully saturated rings. The van der Waals surface area contributed by atoms with Crippen LogP contribution >= 0.6 is 0 Å². The van der Waals surface area contributed by atoms with Gasteiger partial charge in [-0.3, -0.25) is 0 Å². The van der Waals surface area contributed by atoms with Gasteiger partial charge in [0.05, 0.1) is 17.3 Å². The molecule has 1 atom stereocenters. The monoisotopic (exact) mass is 316 g/mol. The van der Waals surface area contributed by atoms with Crippen LogP contribution in [0.5, 0.6) is 0 Å². The van der Waals surface area contributed by atoms with Crippen LogP contribution in [0.3, 0.4) is 0 Å².